The lowest BCUT2D eigenvalue weighted by Gasteiger charge is -2.38. The number of benzene rings is 1. The van der Waals surface area contributed by atoms with Crippen molar-refractivity contribution in [3.63, 3.8) is 0 Å². The van der Waals surface area contributed by atoms with Crippen molar-refractivity contribution in [1.82, 2.24) is 0 Å². The Morgan fingerprint density at radius 3 is 2.38 bits per heavy atom. The van der Waals surface area contributed by atoms with E-state index in [1.54, 1.807) is 0 Å². The van der Waals surface area contributed by atoms with Crippen molar-refractivity contribution in [2.45, 2.75) is 30.3 Å². The van der Waals surface area contributed by atoms with Gasteiger partial charge in [-0.15, -0.1) is 0 Å². The van der Waals surface area contributed by atoms with Gasteiger partial charge in [0.2, 0.25) is 5.91 Å². The third-order valence-corrected chi connectivity index (χ3v) is 6.13. The summed E-state index contributed by atoms with van der Waals surface area (Å²) in [5.74, 6) is -1.07. The first-order valence-corrected chi connectivity index (χ1v) is 8.05. The molecule has 0 radical (unpaired) electrons. The minimum absolute atomic E-state index is 0.279. The number of hydrogen-bond acceptors (Lipinski definition) is 3. The molecule has 1 amide bonds. The molecule has 21 heavy (non-hydrogen) atoms. The second-order valence-electron chi connectivity index (χ2n) is 5.53. The van der Waals surface area contributed by atoms with E-state index in [0.717, 1.165) is 12.1 Å². The molecule has 0 atom stereocenters. The number of sulfone groups is 1. The average molecular weight is 319 g/mol. The van der Waals surface area contributed by atoms with Gasteiger partial charge >= 0.3 is 6.18 Å². The first-order valence-electron chi connectivity index (χ1n) is 6.40. The molecule has 0 bridgehead atoms. The molecule has 1 heterocycles. The molecule has 0 aromatic heterocycles. The summed E-state index contributed by atoms with van der Waals surface area (Å²) in [5.41, 5.74) is -2.59. The van der Waals surface area contributed by atoms with Gasteiger partial charge in [0.25, 0.3) is 0 Å². The Balaban J connectivity index is 2.24. The standard InChI is InChI=1S/C13H12F3NO3S/c14-13(15,16)8-3-1-4-9-10(8)21(19,20)7-12(5-2-6-12)11(18)17-9/h1,3-4H,2,5-7H2,(H,17,18). The molecular formula is C13H12F3NO3S. The Morgan fingerprint density at radius 2 is 1.86 bits per heavy atom. The summed E-state index contributed by atoms with van der Waals surface area (Å²) in [4.78, 5) is 11.4. The summed E-state index contributed by atoms with van der Waals surface area (Å²) in [7, 11) is -4.20. The van der Waals surface area contributed by atoms with Gasteiger partial charge < -0.3 is 5.32 Å². The maximum atomic E-state index is 13.1. The first-order chi connectivity index (χ1) is 9.66. The summed E-state index contributed by atoms with van der Waals surface area (Å²) < 4.78 is 64.0. The summed E-state index contributed by atoms with van der Waals surface area (Å²) in [5, 5.41) is 2.37. The van der Waals surface area contributed by atoms with Gasteiger partial charge in [-0.2, -0.15) is 13.2 Å². The number of alkyl halides is 3. The number of carbonyl (C=O) groups excluding carboxylic acids is 1. The van der Waals surface area contributed by atoms with Gasteiger partial charge in [0.15, 0.2) is 9.84 Å². The number of anilines is 1. The SMILES string of the molecule is O=C1Nc2cccc(C(F)(F)F)c2S(=O)(=O)CC12CCC2. The van der Waals surface area contributed by atoms with E-state index in [9.17, 15) is 26.4 Å². The van der Waals surface area contributed by atoms with Gasteiger partial charge in [0.1, 0.15) is 4.90 Å². The summed E-state index contributed by atoms with van der Waals surface area (Å²) in [6.07, 6.45) is -3.33. The molecule has 1 fully saturated rings. The maximum Gasteiger partial charge on any atom is 0.417 e. The van der Waals surface area contributed by atoms with Crippen LogP contribution in [0.2, 0.25) is 0 Å². The predicted molar refractivity (Wildman–Crippen MR) is 68.4 cm³/mol. The monoisotopic (exact) mass is 319 g/mol. The van der Waals surface area contributed by atoms with E-state index in [2.05, 4.69) is 5.32 Å². The van der Waals surface area contributed by atoms with Crippen molar-refractivity contribution in [1.29, 1.82) is 0 Å². The van der Waals surface area contributed by atoms with Crippen LogP contribution in [-0.4, -0.2) is 20.1 Å². The van der Waals surface area contributed by atoms with Gasteiger partial charge in [-0.25, -0.2) is 8.42 Å². The van der Waals surface area contributed by atoms with Crippen molar-refractivity contribution in [2.24, 2.45) is 5.41 Å². The highest BCUT2D eigenvalue weighted by atomic mass is 32.2. The number of halogens is 3. The lowest BCUT2D eigenvalue weighted by atomic mass is 9.69. The van der Waals surface area contributed by atoms with E-state index in [1.807, 2.05) is 0 Å². The van der Waals surface area contributed by atoms with Crippen LogP contribution < -0.4 is 5.32 Å². The molecule has 3 rings (SSSR count). The Bertz CT molecular complexity index is 721. The lowest BCUT2D eigenvalue weighted by Crippen LogP contribution is -2.45. The number of rotatable bonds is 0. The van der Waals surface area contributed by atoms with Crippen LogP contribution in [0.15, 0.2) is 23.1 Å². The van der Waals surface area contributed by atoms with Crippen LogP contribution in [0.3, 0.4) is 0 Å². The van der Waals surface area contributed by atoms with Crippen LogP contribution >= 0.6 is 0 Å². The van der Waals surface area contributed by atoms with E-state index in [-0.39, 0.29) is 5.69 Å². The summed E-state index contributed by atoms with van der Waals surface area (Å²) >= 11 is 0. The highest BCUT2D eigenvalue weighted by Gasteiger charge is 2.51. The van der Waals surface area contributed by atoms with E-state index in [4.69, 9.17) is 0 Å². The van der Waals surface area contributed by atoms with E-state index in [0.29, 0.717) is 19.3 Å². The fourth-order valence-corrected chi connectivity index (χ4v) is 5.19. The molecule has 1 spiro atoms. The minimum atomic E-state index is -4.79. The Morgan fingerprint density at radius 1 is 1.19 bits per heavy atom. The normalized spacial score (nSPS) is 22.9. The molecule has 2 aliphatic rings. The molecule has 0 unspecified atom stereocenters. The smallest absolute Gasteiger partial charge is 0.324 e. The zero-order valence-corrected chi connectivity index (χ0v) is 11.6. The molecule has 8 heteroatoms. The molecule has 4 nitrogen and oxygen atoms in total. The van der Waals surface area contributed by atoms with Crippen LogP contribution in [0.5, 0.6) is 0 Å². The van der Waals surface area contributed by atoms with Crippen LogP contribution in [0.25, 0.3) is 0 Å². The Kier molecular flexibility index (Phi) is 2.89. The van der Waals surface area contributed by atoms with Crippen molar-refractivity contribution >= 4 is 21.4 Å². The van der Waals surface area contributed by atoms with Crippen molar-refractivity contribution in [3.8, 4) is 0 Å². The van der Waals surface area contributed by atoms with Crippen molar-refractivity contribution in [3.05, 3.63) is 23.8 Å². The van der Waals surface area contributed by atoms with E-state index in [1.165, 1.54) is 6.07 Å². The van der Waals surface area contributed by atoms with Gasteiger partial charge in [0.05, 0.1) is 22.4 Å². The number of carbonyl (C=O) groups is 1. The summed E-state index contributed by atoms with van der Waals surface area (Å²) in [6, 6.07) is 3.01. The molecule has 1 N–H and O–H groups in total. The van der Waals surface area contributed by atoms with Gasteiger partial charge in [-0.05, 0) is 25.0 Å². The zero-order valence-electron chi connectivity index (χ0n) is 10.8. The third-order valence-electron chi connectivity index (χ3n) is 4.14. The molecule has 1 aliphatic heterocycles. The highest BCUT2D eigenvalue weighted by molar-refractivity contribution is 7.91. The maximum absolute atomic E-state index is 13.1. The van der Waals surface area contributed by atoms with Gasteiger partial charge in [-0.3, -0.25) is 4.79 Å². The molecule has 114 valence electrons. The fraction of sp³-hybridized carbons (Fsp3) is 0.462. The number of nitrogens with one attached hydrogen (secondary N) is 1. The van der Waals surface area contributed by atoms with Crippen molar-refractivity contribution < 1.29 is 26.4 Å². The second kappa shape index (κ2) is 4.22. The molecule has 1 aromatic carbocycles. The molecule has 1 aromatic rings. The van der Waals surface area contributed by atoms with Gasteiger partial charge in [0, 0.05) is 0 Å². The molecule has 1 saturated carbocycles. The third kappa shape index (κ3) is 2.12. The number of fused-ring (bicyclic) bond motifs is 1. The quantitative estimate of drug-likeness (QED) is 0.799. The molecular weight excluding hydrogens is 307 g/mol. The molecule has 1 aliphatic carbocycles. The fourth-order valence-electron chi connectivity index (χ4n) is 2.93. The highest BCUT2D eigenvalue weighted by Crippen LogP contribution is 2.48. The Labute approximate surface area is 119 Å². The van der Waals surface area contributed by atoms with Crippen LogP contribution in [0.4, 0.5) is 18.9 Å². The van der Waals surface area contributed by atoms with Crippen LogP contribution in [0, 0.1) is 5.41 Å². The molecule has 0 saturated heterocycles. The van der Waals surface area contributed by atoms with Crippen molar-refractivity contribution in [2.75, 3.05) is 11.1 Å². The Hall–Kier alpha value is -1.57. The van der Waals surface area contributed by atoms with Crippen LogP contribution in [-0.2, 0) is 20.8 Å². The second-order valence-corrected chi connectivity index (χ2v) is 7.45. The number of amides is 1. The van der Waals surface area contributed by atoms with Crippen LogP contribution in [0.1, 0.15) is 24.8 Å². The first kappa shape index (κ1) is 14.4. The minimum Gasteiger partial charge on any atom is -0.324 e. The van der Waals surface area contributed by atoms with E-state index < -0.39 is 43.5 Å². The van der Waals surface area contributed by atoms with E-state index >= 15 is 0 Å². The topological polar surface area (TPSA) is 63.2 Å². The summed E-state index contributed by atoms with van der Waals surface area (Å²) in [6.45, 7) is 0. The largest absolute Gasteiger partial charge is 0.417 e. The predicted octanol–water partition coefficient (Wildman–Crippen LogP) is 2.60. The number of hydrogen-bond donors (Lipinski definition) is 1. The zero-order chi connectivity index (χ0) is 15.5. The lowest BCUT2D eigenvalue weighted by molar-refractivity contribution is -0.139. The average Bonchev–Trinajstić information content (AvgIpc) is 2.40. The van der Waals surface area contributed by atoms with Gasteiger partial charge in [-0.1, -0.05) is 12.5 Å².